The van der Waals surface area contributed by atoms with Crippen LogP contribution in [0.1, 0.15) is 6.92 Å². The minimum Gasteiger partial charge on any atom is -0.362 e. The number of rotatable bonds is 6. The van der Waals surface area contributed by atoms with Crippen molar-refractivity contribution < 1.29 is 17.6 Å². The molecule has 1 saturated heterocycles. The summed E-state index contributed by atoms with van der Waals surface area (Å²) < 4.78 is 39.8. The van der Waals surface area contributed by atoms with Crippen LogP contribution in [0.4, 0.5) is 10.1 Å². The molecule has 0 unspecified atom stereocenters. The van der Waals surface area contributed by atoms with Crippen LogP contribution in [0, 0.1) is 5.82 Å². The fraction of sp³-hybridized carbons (Fsp3) is 0.350. The first-order valence-corrected chi connectivity index (χ1v) is 10.7. The zero-order valence-electron chi connectivity index (χ0n) is 15.8. The number of carbonyl (C=O) groups is 1. The van der Waals surface area contributed by atoms with Gasteiger partial charge in [0.05, 0.1) is 11.4 Å². The minimum atomic E-state index is -3.68. The lowest BCUT2D eigenvalue weighted by Crippen LogP contribution is -2.52. The number of hydrogen-bond acceptors (Lipinski definition) is 4. The Morgan fingerprint density at radius 2 is 1.61 bits per heavy atom. The molecule has 0 bridgehead atoms. The van der Waals surface area contributed by atoms with E-state index in [4.69, 9.17) is 0 Å². The van der Waals surface area contributed by atoms with Crippen molar-refractivity contribution in [1.29, 1.82) is 0 Å². The molecule has 3 rings (SSSR count). The molecule has 0 radical (unpaired) electrons. The Bertz CT molecular complexity index is 896. The zero-order chi connectivity index (χ0) is 20.1. The van der Waals surface area contributed by atoms with Crippen molar-refractivity contribution in [2.45, 2.75) is 11.8 Å². The summed E-state index contributed by atoms with van der Waals surface area (Å²) in [6.45, 7) is 4.08. The number of anilines is 1. The molecule has 0 aliphatic carbocycles. The van der Waals surface area contributed by atoms with Gasteiger partial charge in [-0.3, -0.25) is 4.79 Å². The van der Waals surface area contributed by atoms with E-state index in [0.29, 0.717) is 19.6 Å². The number of nitrogens with zero attached hydrogens (tertiary/aromatic N) is 3. The third-order valence-electron chi connectivity index (χ3n) is 4.87. The second-order valence-electron chi connectivity index (χ2n) is 6.59. The number of hydrogen-bond donors (Lipinski definition) is 0. The van der Waals surface area contributed by atoms with Crippen molar-refractivity contribution in [2.24, 2.45) is 0 Å². The van der Waals surface area contributed by atoms with E-state index in [1.165, 1.54) is 16.4 Å². The lowest BCUT2D eigenvalue weighted by molar-refractivity contribution is -0.130. The highest BCUT2D eigenvalue weighted by molar-refractivity contribution is 7.89. The average Bonchev–Trinajstić information content (AvgIpc) is 2.73. The van der Waals surface area contributed by atoms with Gasteiger partial charge >= 0.3 is 0 Å². The van der Waals surface area contributed by atoms with E-state index in [1.54, 1.807) is 4.90 Å². The lowest BCUT2D eigenvalue weighted by Gasteiger charge is -2.35. The molecule has 2 aromatic rings. The maximum atomic E-state index is 13.1. The van der Waals surface area contributed by atoms with Crippen molar-refractivity contribution in [3.8, 4) is 0 Å². The van der Waals surface area contributed by atoms with Crippen molar-refractivity contribution in [3.05, 3.63) is 60.4 Å². The molecular formula is C20H24FN3O3S. The van der Waals surface area contributed by atoms with Gasteiger partial charge in [0.1, 0.15) is 5.82 Å². The fourth-order valence-electron chi connectivity index (χ4n) is 3.22. The van der Waals surface area contributed by atoms with E-state index in [1.807, 2.05) is 42.2 Å². The second kappa shape index (κ2) is 8.70. The van der Waals surface area contributed by atoms with Crippen LogP contribution in [-0.2, 0) is 14.8 Å². The Morgan fingerprint density at radius 3 is 2.18 bits per heavy atom. The Balaban J connectivity index is 1.60. The number of halogens is 1. The summed E-state index contributed by atoms with van der Waals surface area (Å²) in [6, 6.07) is 14.5. The van der Waals surface area contributed by atoms with E-state index >= 15 is 0 Å². The minimum absolute atomic E-state index is 0.0236. The van der Waals surface area contributed by atoms with Gasteiger partial charge in [0.25, 0.3) is 0 Å². The molecule has 0 N–H and O–H groups in total. The first-order chi connectivity index (χ1) is 13.4. The Kier molecular flexibility index (Phi) is 6.31. The average molecular weight is 405 g/mol. The zero-order valence-corrected chi connectivity index (χ0v) is 16.6. The van der Waals surface area contributed by atoms with Gasteiger partial charge in [-0.2, -0.15) is 4.31 Å². The monoisotopic (exact) mass is 405 g/mol. The SMILES string of the molecule is CCN(CC(=O)N1CCN(S(=O)(=O)c2ccc(F)cc2)CC1)c1ccccc1. The van der Waals surface area contributed by atoms with Crippen LogP contribution in [-0.4, -0.2) is 62.8 Å². The fourth-order valence-corrected chi connectivity index (χ4v) is 4.64. The third-order valence-corrected chi connectivity index (χ3v) is 6.78. The quantitative estimate of drug-likeness (QED) is 0.739. The molecule has 1 fully saturated rings. The van der Waals surface area contributed by atoms with E-state index < -0.39 is 15.8 Å². The number of likely N-dealkylation sites (N-methyl/N-ethyl adjacent to an activating group) is 1. The summed E-state index contributed by atoms with van der Waals surface area (Å²) in [5, 5.41) is 0. The van der Waals surface area contributed by atoms with Crippen LogP contribution in [0.5, 0.6) is 0 Å². The molecule has 2 aromatic carbocycles. The topological polar surface area (TPSA) is 60.9 Å². The van der Waals surface area contributed by atoms with Gasteiger partial charge in [-0.05, 0) is 43.3 Å². The van der Waals surface area contributed by atoms with Crippen LogP contribution < -0.4 is 4.90 Å². The van der Waals surface area contributed by atoms with Gasteiger partial charge in [0.15, 0.2) is 0 Å². The molecule has 0 saturated carbocycles. The van der Waals surface area contributed by atoms with Crippen molar-refractivity contribution in [1.82, 2.24) is 9.21 Å². The summed E-state index contributed by atoms with van der Waals surface area (Å²) in [5.41, 5.74) is 0.982. The van der Waals surface area contributed by atoms with Crippen LogP contribution >= 0.6 is 0 Å². The van der Waals surface area contributed by atoms with E-state index in [0.717, 1.165) is 17.8 Å². The first-order valence-electron chi connectivity index (χ1n) is 9.25. The van der Waals surface area contributed by atoms with Crippen LogP contribution in [0.25, 0.3) is 0 Å². The maximum Gasteiger partial charge on any atom is 0.243 e. The third kappa shape index (κ3) is 4.51. The number of carbonyl (C=O) groups excluding carboxylic acids is 1. The molecule has 1 aliphatic heterocycles. The van der Waals surface area contributed by atoms with Crippen molar-refractivity contribution in [3.63, 3.8) is 0 Å². The lowest BCUT2D eigenvalue weighted by atomic mass is 10.2. The second-order valence-corrected chi connectivity index (χ2v) is 8.53. The molecule has 1 amide bonds. The highest BCUT2D eigenvalue weighted by atomic mass is 32.2. The highest BCUT2D eigenvalue weighted by Gasteiger charge is 2.30. The van der Waals surface area contributed by atoms with Gasteiger partial charge in [-0.1, -0.05) is 18.2 Å². The van der Waals surface area contributed by atoms with Crippen molar-refractivity contribution in [2.75, 3.05) is 44.2 Å². The first kappa shape index (κ1) is 20.3. The largest absolute Gasteiger partial charge is 0.362 e. The Labute approximate surface area is 165 Å². The van der Waals surface area contributed by atoms with Crippen molar-refractivity contribution >= 4 is 21.6 Å². The molecule has 0 atom stereocenters. The summed E-state index contributed by atoms with van der Waals surface area (Å²) in [5.74, 6) is -0.502. The number of sulfonamides is 1. The molecule has 1 heterocycles. The normalized spacial score (nSPS) is 15.4. The van der Waals surface area contributed by atoms with Gasteiger partial charge in [0, 0.05) is 38.4 Å². The predicted octanol–water partition coefficient (Wildman–Crippen LogP) is 2.19. The van der Waals surface area contributed by atoms with E-state index in [9.17, 15) is 17.6 Å². The molecule has 8 heteroatoms. The Morgan fingerprint density at radius 1 is 1.00 bits per heavy atom. The number of amides is 1. The molecule has 1 aliphatic rings. The van der Waals surface area contributed by atoms with Gasteiger partial charge < -0.3 is 9.80 Å². The van der Waals surface area contributed by atoms with Crippen LogP contribution in [0.2, 0.25) is 0 Å². The standard InChI is InChI=1S/C20H24FN3O3S/c1-2-22(18-6-4-3-5-7-18)16-20(25)23-12-14-24(15-13-23)28(26,27)19-10-8-17(21)9-11-19/h3-11H,2,12-16H2,1H3. The molecule has 0 spiro atoms. The number of piperazine rings is 1. The summed E-state index contributed by atoms with van der Waals surface area (Å²) in [7, 11) is -3.68. The number of para-hydroxylation sites is 1. The Hall–Kier alpha value is -2.45. The van der Waals surface area contributed by atoms with E-state index in [-0.39, 0.29) is 30.4 Å². The molecule has 6 nitrogen and oxygen atoms in total. The maximum absolute atomic E-state index is 13.1. The molecule has 0 aromatic heterocycles. The van der Waals surface area contributed by atoms with Gasteiger partial charge in [0.2, 0.25) is 15.9 Å². The highest BCUT2D eigenvalue weighted by Crippen LogP contribution is 2.19. The molecular weight excluding hydrogens is 381 g/mol. The predicted molar refractivity (Wildman–Crippen MR) is 106 cm³/mol. The summed E-state index contributed by atoms with van der Waals surface area (Å²) >= 11 is 0. The van der Waals surface area contributed by atoms with Crippen LogP contribution in [0.15, 0.2) is 59.5 Å². The number of benzene rings is 2. The van der Waals surface area contributed by atoms with Gasteiger partial charge in [-0.15, -0.1) is 0 Å². The molecule has 150 valence electrons. The van der Waals surface area contributed by atoms with E-state index in [2.05, 4.69) is 0 Å². The summed E-state index contributed by atoms with van der Waals surface area (Å²) in [6.07, 6.45) is 0. The van der Waals surface area contributed by atoms with Gasteiger partial charge in [-0.25, -0.2) is 12.8 Å². The molecule has 28 heavy (non-hydrogen) atoms. The smallest absolute Gasteiger partial charge is 0.243 e. The summed E-state index contributed by atoms with van der Waals surface area (Å²) in [4.78, 5) is 16.4. The van der Waals surface area contributed by atoms with Crippen LogP contribution in [0.3, 0.4) is 0 Å².